The number of hydrogen-bond donors (Lipinski definition) is 1. The molecule has 1 amide bonds. The Balaban J connectivity index is 2.11. The number of rotatable bonds is 3. The summed E-state index contributed by atoms with van der Waals surface area (Å²) >= 11 is 5.71. The molecule has 0 aromatic heterocycles. The number of carbonyl (C=O) groups is 1. The molecule has 0 spiro atoms. The number of benzene rings is 2. The number of fused-ring (bicyclic) bond motifs is 1. The van der Waals surface area contributed by atoms with Gasteiger partial charge in [0.25, 0.3) is 5.91 Å². The summed E-state index contributed by atoms with van der Waals surface area (Å²) in [7, 11) is 0. The highest BCUT2D eigenvalue weighted by Crippen LogP contribution is 2.34. The number of aryl methyl sites for hydroxylation is 1. The molecular weight excluding hydrogens is 327 g/mol. The molecule has 0 saturated carbocycles. The standard InChI is InChI=1S/C17H11ClF3NO/c18-4-3-9-1-2-16-11(5-9)12(17(23)22-16)8-13-14(20)6-10(19)7-15(13)21/h1-2,5-8H,3-4H2,(H,22,23). The SMILES string of the molecule is O=C1Nc2ccc(CCCl)cc2C1=Cc1c(F)cc(F)cc1F. The monoisotopic (exact) mass is 337 g/mol. The minimum absolute atomic E-state index is 0.126. The van der Waals surface area contributed by atoms with Gasteiger partial charge in [0.05, 0.1) is 0 Å². The molecule has 0 aliphatic carbocycles. The number of carbonyl (C=O) groups excluding carboxylic acids is 1. The summed E-state index contributed by atoms with van der Waals surface area (Å²) in [4.78, 5) is 12.1. The average Bonchev–Trinajstić information content (AvgIpc) is 2.78. The fourth-order valence-electron chi connectivity index (χ4n) is 2.48. The van der Waals surface area contributed by atoms with E-state index >= 15 is 0 Å². The molecule has 2 nitrogen and oxygen atoms in total. The van der Waals surface area contributed by atoms with Gasteiger partial charge in [-0.2, -0.15) is 0 Å². The predicted octanol–water partition coefficient (Wildman–Crippen LogP) is 4.38. The highest BCUT2D eigenvalue weighted by atomic mass is 35.5. The van der Waals surface area contributed by atoms with Crippen molar-refractivity contribution in [1.29, 1.82) is 0 Å². The van der Waals surface area contributed by atoms with E-state index in [0.717, 1.165) is 11.6 Å². The zero-order chi connectivity index (χ0) is 16.6. The topological polar surface area (TPSA) is 29.1 Å². The summed E-state index contributed by atoms with van der Waals surface area (Å²) in [6.45, 7) is 0. The van der Waals surface area contributed by atoms with Gasteiger partial charge in [0, 0.05) is 40.4 Å². The molecule has 0 radical (unpaired) electrons. The molecule has 23 heavy (non-hydrogen) atoms. The molecule has 1 heterocycles. The first-order valence-electron chi connectivity index (χ1n) is 6.86. The summed E-state index contributed by atoms with van der Waals surface area (Å²) in [6.07, 6.45) is 1.70. The Kier molecular flexibility index (Phi) is 4.13. The zero-order valence-corrected chi connectivity index (χ0v) is 12.6. The Bertz CT molecular complexity index is 810. The van der Waals surface area contributed by atoms with Crippen LogP contribution in [0.15, 0.2) is 30.3 Å². The number of amides is 1. The van der Waals surface area contributed by atoms with Crippen LogP contribution in [0.1, 0.15) is 16.7 Å². The Hall–Kier alpha value is -2.27. The molecule has 2 aromatic rings. The molecular formula is C17H11ClF3NO. The van der Waals surface area contributed by atoms with E-state index in [1.165, 1.54) is 0 Å². The highest BCUT2D eigenvalue weighted by molar-refractivity contribution is 6.35. The van der Waals surface area contributed by atoms with Gasteiger partial charge in [0.2, 0.25) is 0 Å². The number of nitrogens with one attached hydrogen (secondary N) is 1. The van der Waals surface area contributed by atoms with Crippen LogP contribution in [-0.4, -0.2) is 11.8 Å². The van der Waals surface area contributed by atoms with Gasteiger partial charge < -0.3 is 5.32 Å². The van der Waals surface area contributed by atoms with Crippen molar-refractivity contribution in [3.63, 3.8) is 0 Å². The lowest BCUT2D eigenvalue weighted by atomic mass is 10.0. The van der Waals surface area contributed by atoms with Crippen LogP contribution in [0.5, 0.6) is 0 Å². The fourth-order valence-corrected chi connectivity index (χ4v) is 2.70. The molecule has 6 heteroatoms. The fraction of sp³-hybridized carbons (Fsp3) is 0.118. The molecule has 0 saturated heterocycles. The van der Waals surface area contributed by atoms with Gasteiger partial charge in [0.15, 0.2) is 0 Å². The first kappa shape index (κ1) is 15.6. The van der Waals surface area contributed by atoms with Crippen molar-refractivity contribution in [1.82, 2.24) is 0 Å². The highest BCUT2D eigenvalue weighted by Gasteiger charge is 2.25. The quantitative estimate of drug-likeness (QED) is 0.653. The van der Waals surface area contributed by atoms with Crippen LogP contribution in [0.4, 0.5) is 18.9 Å². The first-order chi connectivity index (χ1) is 11.0. The molecule has 0 atom stereocenters. The third kappa shape index (κ3) is 2.97. The second-order valence-corrected chi connectivity index (χ2v) is 5.49. The van der Waals surface area contributed by atoms with Crippen molar-refractivity contribution in [2.45, 2.75) is 6.42 Å². The molecule has 1 aliphatic heterocycles. The Labute approximate surface area is 135 Å². The van der Waals surface area contributed by atoms with Gasteiger partial charge in [-0.05, 0) is 30.2 Å². The number of alkyl halides is 1. The lowest BCUT2D eigenvalue weighted by Crippen LogP contribution is -2.04. The molecule has 0 bridgehead atoms. The van der Waals surface area contributed by atoms with Crippen LogP contribution < -0.4 is 5.32 Å². The Morgan fingerprint density at radius 3 is 2.43 bits per heavy atom. The molecule has 2 aromatic carbocycles. The molecule has 0 unspecified atom stereocenters. The maximum absolute atomic E-state index is 13.8. The summed E-state index contributed by atoms with van der Waals surface area (Å²) in [6, 6.07) is 6.44. The normalized spacial score (nSPS) is 15.0. The predicted molar refractivity (Wildman–Crippen MR) is 83.7 cm³/mol. The largest absolute Gasteiger partial charge is 0.321 e. The van der Waals surface area contributed by atoms with Crippen molar-refractivity contribution in [3.05, 3.63) is 64.5 Å². The lowest BCUT2D eigenvalue weighted by Gasteiger charge is -2.04. The van der Waals surface area contributed by atoms with Gasteiger partial charge in [-0.3, -0.25) is 4.79 Å². The third-order valence-corrected chi connectivity index (χ3v) is 3.77. The summed E-state index contributed by atoms with van der Waals surface area (Å²) in [5.74, 6) is -3.18. The van der Waals surface area contributed by atoms with Crippen LogP contribution in [0, 0.1) is 17.5 Å². The molecule has 1 aliphatic rings. The maximum Gasteiger partial charge on any atom is 0.256 e. The van der Waals surface area contributed by atoms with Crippen molar-refractivity contribution >= 4 is 34.8 Å². The third-order valence-electron chi connectivity index (χ3n) is 3.58. The van der Waals surface area contributed by atoms with Crippen LogP contribution >= 0.6 is 11.6 Å². The lowest BCUT2D eigenvalue weighted by molar-refractivity contribution is -0.110. The van der Waals surface area contributed by atoms with Crippen LogP contribution in [-0.2, 0) is 11.2 Å². The van der Waals surface area contributed by atoms with E-state index in [9.17, 15) is 18.0 Å². The van der Waals surface area contributed by atoms with Gasteiger partial charge in [0.1, 0.15) is 17.5 Å². The minimum atomic E-state index is -1.06. The van der Waals surface area contributed by atoms with E-state index < -0.39 is 28.9 Å². The number of halogens is 4. The first-order valence-corrected chi connectivity index (χ1v) is 7.40. The van der Waals surface area contributed by atoms with E-state index in [0.29, 0.717) is 35.7 Å². The van der Waals surface area contributed by atoms with E-state index in [1.807, 2.05) is 6.07 Å². The average molecular weight is 338 g/mol. The zero-order valence-electron chi connectivity index (χ0n) is 11.8. The maximum atomic E-state index is 13.8. The van der Waals surface area contributed by atoms with Crippen LogP contribution in [0.25, 0.3) is 11.6 Å². The van der Waals surface area contributed by atoms with Gasteiger partial charge >= 0.3 is 0 Å². The summed E-state index contributed by atoms with van der Waals surface area (Å²) < 4.78 is 40.6. The molecule has 1 N–H and O–H groups in total. The molecule has 118 valence electrons. The van der Waals surface area contributed by atoms with Crippen molar-refractivity contribution in [2.75, 3.05) is 11.2 Å². The van der Waals surface area contributed by atoms with E-state index in [2.05, 4.69) is 5.32 Å². The van der Waals surface area contributed by atoms with Gasteiger partial charge in [-0.1, -0.05) is 6.07 Å². The van der Waals surface area contributed by atoms with Gasteiger partial charge in [-0.25, -0.2) is 13.2 Å². The van der Waals surface area contributed by atoms with Crippen molar-refractivity contribution < 1.29 is 18.0 Å². The van der Waals surface area contributed by atoms with Gasteiger partial charge in [-0.15, -0.1) is 11.6 Å². The second kappa shape index (κ2) is 6.08. The van der Waals surface area contributed by atoms with E-state index in [-0.39, 0.29) is 5.57 Å². The Morgan fingerprint density at radius 2 is 1.78 bits per heavy atom. The molecule has 0 fully saturated rings. The van der Waals surface area contributed by atoms with Crippen LogP contribution in [0.3, 0.4) is 0 Å². The number of anilines is 1. The van der Waals surface area contributed by atoms with E-state index in [4.69, 9.17) is 11.6 Å². The second-order valence-electron chi connectivity index (χ2n) is 5.11. The van der Waals surface area contributed by atoms with Crippen LogP contribution in [0.2, 0.25) is 0 Å². The Morgan fingerprint density at radius 1 is 1.09 bits per heavy atom. The number of hydrogen-bond acceptors (Lipinski definition) is 1. The minimum Gasteiger partial charge on any atom is -0.321 e. The summed E-state index contributed by atoms with van der Waals surface area (Å²) in [5, 5.41) is 2.63. The smallest absolute Gasteiger partial charge is 0.256 e. The summed E-state index contributed by atoms with van der Waals surface area (Å²) in [5.41, 5.74) is 1.68. The van der Waals surface area contributed by atoms with Crippen molar-refractivity contribution in [2.24, 2.45) is 0 Å². The van der Waals surface area contributed by atoms with E-state index in [1.54, 1.807) is 12.1 Å². The molecule has 3 rings (SSSR count). The van der Waals surface area contributed by atoms with Crippen molar-refractivity contribution in [3.8, 4) is 0 Å².